The summed E-state index contributed by atoms with van der Waals surface area (Å²) in [5, 5.41) is 4.64. The molecule has 0 aliphatic carbocycles. The summed E-state index contributed by atoms with van der Waals surface area (Å²) in [6.45, 7) is 1.42. The highest BCUT2D eigenvalue weighted by atomic mass is 35.5. The van der Waals surface area contributed by atoms with Crippen LogP contribution in [0.25, 0.3) is 0 Å². The lowest BCUT2D eigenvalue weighted by atomic mass is 10.1. The predicted octanol–water partition coefficient (Wildman–Crippen LogP) is 5.71. The zero-order valence-corrected chi connectivity index (χ0v) is 15.4. The molecular weight excluding hydrogens is 363 g/mol. The van der Waals surface area contributed by atoms with E-state index in [1.165, 1.54) is 0 Å². The Morgan fingerprint density at radius 1 is 1.12 bits per heavy atom. The number of nitrogens with one attached hydrogen (secondary N) is 1. The van der Waals surface area contributed by atoms with Crippen molar-refractivity contribution in [2.45, 2.75) is 11.7 Å². The maximum Gasteiger partial charge on any atom is 0.321 e. The second-order valence-electron chi connectivity index (χ2n) is 5.60. The van der Waals surface area contributed by atoms with Crippen molar-refractivity contribution in [3.63, 3.8) is 0 Å². The van der Waals surface area contributed by atoms with E-state index in [1.807, 2.05) is 47.0 Å². The molecule has 1 atom stereocenters. The van der Waals surface area contributed by atoms with E-state index in [9.17, 15) is 4.79 Å². The first kappa shape index (κ1) is 17.5. The molecule has 0 spiro atoms. The van der Waals surface area contributed by atoms with Crippen LogP contribution in [0.4, 0.5) is 10.5 Å². The third-order valence-corrected chi connectivity index (χ3v) is 5.85. The first-order valence-corrected chi connectivity index (χ1v) is 9.61. The number of rotatable bonds is 2. The zero-order valence-electron chi connectivity index (χ0n) is 13.0. The Morgan fingerprint density at radius 3 is 2.75 bits per heavy atom. The van der Waals surface area contributed by atoms with Crippen molar-refractivity contribution in [2.24, 2.45) is 0 Å². The molecule has 1 N–H and O–H groups in total. The Kier molecular flexibility index (Phi) is 5.93. The van der Waals surface area contributed by atoms with Gasteiger partial charge in [0.1, 0.15) is 0 Å². The predicted molar refractivity (Wildman–Crippen MR) is 103 cm³/mol. The minimum Gasteiger partial charge on any atom is -0.324 e. The fraction of sp³-hybridized carbons (Fsp3) is 0.278. The number of urea groups is 1. The second-order valence-corrected chi connectivity index (χ2v) is 7.75. The van der Waals surface area contributed by atoms with Gasteiger partial charge in [-0.15, -0.1) is 0 Å². The Hall–Kier alpha value is -1.36. The van der Waals surface area contributed by atoms with Crippen molar-refractivity contribution in [1.82, 2.24) is 4.90 Å². The van der Waals surface area contributed by atoms with Gasteiger partial charge in [-0.05, 0) is 36.2 Å². The second kappa shape index (κ2) is 8.15. The van der Waals surface area contributed by atoms with Crippen LogP contribution in [-0.4, -0.2) is 29.8 Å². The molecule has 0 bridgehead atoms. The van der Waals surface area contributed by atoms with Crippen LogP contribution < -0.4 is 5.32 Å². The topological polar surface area (TPSA) is 32.3 Å². The van der Waals surface area contributed by atoms with Crippen LogP contribution in [0.15, 0.2) is 48.5 Å². The summed E-state index contributed by atoms with van der Waals surface area (Å²) >= 11 is 14.1. The number of halogens is 2. The maximum absolute atomic E-state index is 12.5. The number of hydrogen-bond donors (Lipinski definition) is 1. The standard InChI is InChI=1S/C18H18Cl2N2OS/c19-13-4-3-5-14(12-13)21-18(23)22-9-8-17(24-11-10-22)15-6-1-2-7-16(15)20/h1-7,12,17H,8-11H2,(H,21,23). The lowest BCUT2D eigenvalue weighted by Gasteiger charge is -2.21. The lowest BCUT2D eigenvalue weighted by Crippen LogP contribution is -2.36. The van der Waals surface area contributed by atoms with Crippen LogP contribution in [-0.2, 0) is 0 Å². The van der Waals surface area contributed by atoms with Gasteiger partial charge in [-0.25, -0.2) is 4.79 Å². The maximum atomic E-state index is 12.5. The highest BCUT2D eigenvalue weighted by Gasteiger charge is 2.23. The van der Waals surface area contributed by atoms with E-state index in [2.05, 4.69) is 11.4 Å². The Balaban J connectivity index is 1.63. The average Bonchev–Trinajstić information content (AvgIpc) is 2.81. The van der Waals surface area contributed by atoms with Crippen molar-refractivity contribution < 1.29 is 4.79 Å². The number of thioether (sulfide) groups is 1. The van der Waals surface area contributed by atoms with Crippen molar-refractivity contribution in [1.29, 1.82) is 0 Å². The molecule has 3 rings (SSSR count). The van der Waals surface area contributed by atoms with Crippen molar-refractivity contribution >= 4 is 46.7 Å². The smallest absolute Gasteiger partial charge is 0.321 e. The Bertz CT molecular complexity index is 726. The fourth-order valence-corrected chi connectivity index (χ4v) is 4.52. The van der Waals surface area contributed by atoms with E-state index < -0.39 is 0 Å². The summed E-state index contributed by atoms with van der Waals surface area (Å²) in [6, 6.07) is 15.1. The van der Waals surface area contributed by atoms with E-state index in [-0.39, 0.29) is 6.03 Å². The van der Waals surface area contributed by atoms with Crippen LogP contribution in [0, 0.1) is 0 Å². The van der Waals surface area contributed by atoms with Crippen molar-refractivity contribution in [2.75, 3.05) is 24.2 Å². The number of carbonyl (C=O) groups excluding carboxylic acids is 1. The third-order valence-electron chi connectivity index (χ3n) is 3.96. The summed E-state index contributed by atoms with van der Waals surface area (Å²) in [6.07, 6.45) is 0.886. The molecule has 1 saturated heterocycles. The number of nitrogens with zero attached hydrogens (tertiary/aromatic N) is 1. The summed E-state index contributed by atoms with van der Waals surface area (Å²) in [5.74, 6) is 0.888. The van der Waals surface area contributed by atoms with Gasteiger partial charge in [0, 0.05) is 39.8 Å². The van der Waals surface area contributed by atoms with Gasteiger partial charge in [0.15, 0.2) is 0 Å². The van der Waals surface area contributed by atoms with Crippen LogP contribution >= 0.6 is 35.0 Å². The number of benzene rings is 2. The molecule has 1 fully saturated rings. The molecule has 24 heavy (non-hydrogen) atoms. The van der Waals surface area contributed by atoms with E-state index in [0.717, 1.165) is 29.3 Å². The first-order valence-electron chi connectivity index (χ1n) is 7.81. The van der Waals surface area contributed by atoms with Crippen LogP contribution in [0.2, 0.25) is 10.0 Å². The number of carbonyl (C=O) groups is 1. The van der Waals surface area contributed by atoms with Gasteiger partial charge < -0.3 is 10.2 Å². The van der Waals surface area contributed by atoms with Gasteiger partial charge in [-0.2, -0.15) is 11.8 Å². The number of amides is 2. The molecule has 1 aliphatic rings. The highest BCUT2D eigenvalue weighted by molar-refractivity contribution is 7.99. The normalized spacial score (nSPS) is 18.1. The van der Waals surface area contributed by atoms with Gasteiger partial charge in [-0.1, -0.05) is 47.5 Å². The number of anilines is 1. The highest BCUT2D eigenvalue weighted by Crippen LogP contribution is 2.37. The van der Waals surface area contributed by atoms with E-state index in [1.54, 1.807) is 12.1 Å². The summed E-state index contributed by atoms with van der Waals surface area (Å²) in [4.78, 5) is 14.3. The van der Waals surface area contributed by atoms with Gasteiger partial charge in [0.05, 0.1) is 0 Å². The SMILES string of the molecule is O=C(Nc1cccc(Cl)c1)N1CCSC(c2ccccc2Cl)CC1. The van der Waals surface area contributed by atoms with Gasteiger partial charge in [0.2, 0.25) is 0 Å². The summed E-state index contributed by atoms with van der Waals surface area (Å²) in [5.41, 5.74) is 1.87. The monoisotopic (exact) mass is 380 g/mol. The van der Waals surface area contributed by atoms with Crippen LogP contribution in [0.3, 0.4) is 0 Å². The molecular formula is C18H18Cl2N2OS. The molecule has 1 aliphatic heterocycles. The van der Waals surface area contributed by atoms with E-state index >= 15 is 0 Å². The van der Waals surface area contributed by atoms with E-state index in [0.29, 0.717) is 22.5 Å². The molecule has 126 valence electrons. The number of hydrogen-bond acceptors (Lipinski definition) is 2. The third kappa shape index (κ3) is 4.38. The van der Waals surface area contributed by atoms with Crippen LogP contribution in [0.5, 0.6) is 0 Å². The quantitative estimate of drug-likeness (QED) is 0.723. The molecule has 2 aromatic rings. The van der Waals surface area contributed by atoms with Crippen molar-refractivity contribution in [3.05, 3.63) is 64.1 Å². The molecule has 3 nitrogen and oxygen atoms in total. The molecule has 1 heterocycles. The summed E-state index contributed by atoms with van der Waals surface area (Å²) in [7, 11) is 0. The first-order chi connectivity index (χ1) is 11.6. The fourth-order valence-electron chi connectivity index (χ4n) is 2.73. The van der Waals surface area contributed by atoms with Gasteiger partial charge >= 0.3 is 6.03 Å². The summed E-state index contributed by atoms with van der Waals surface area (Å²) < 4.78 is 0. The molecule has 0 saturated carbocycles. The molecule has 0 aromatic heterocycles. The minimum absolute atomic E-state index is 0.0855. The van der Waals surface area contributed by atoms with E-state index in [4.69, 9.17) is 23.2 Å². The molecule has 2 amide bonds. The molecule has 2 aromatic carbocycles. The van der Waals surface area contributed by atoms with Crippen molar-refractivity contribution in [3.8, 4) is 0 Å². The largest absolute Gasteiger partial charge is 0.324 e. The molecule has 0 radical (unpaired) electrons. The lowest BCUT2D eigenvalue weighted by molar-refractivity contribution is 0.215. The van der Waals surface area contributed by atoms with Gasteiger partial charge in [-0.3, -0.25) is 0 Å². The minimum atomic E-state index is -0.0855. The zero-order chi connectivity index (χ0) is 16.9. The molecule has 6 heteroatoms. The average molecular weight is 381 g/mol. The van der Waals surface area contributed by atoms with Crippen LogP contribution in [0.1, 0.15) is 17.2 Å². The Morgan fingerprint density at radius 2 is 1.96 bits per heavy atom. The Labute approximate surface area is 156 Å². The van der Waals surface area contributed by atoms with Gasteiger partial charge in [0.25, 0.3) is 0 Å². The molecule has 1 unspecified atom stereocenters.